The first-order valence-electron chi connectivity index (χ1n) is 5.98. The van der Waals surface area contributed by atoms with Gasteiger partial charge in [-0.2, -0.15) is 0 Å². The predicted molar refractivity (Wildman–Crippen MR) is 76.0 cm³/mol. The zero-order chi connectivity index (χ0) is 15.0. The van der Waals surface area contributed by atoms with Gasteiger partial charge in [0.25, 0.3) is 0 Å². The van der Waals surface area contributed by atoms with Crippen LogP contribution in [0.4, 0.5) is 13.2 Å². The van der Waals surface area contributed by atoms with E-state index in [4.69, 9.17) is 5.73 Å². The zero-order valence-corrected chi connectivity index (χ0v) is 12.6. The molecule has 0 aromatic heterocycles. The second-order valence-electron chi connectivity index (χ2n) is 4.72. The third-order valence-electron chi connectivity index (χ3n) is 3.24. The Hall–Kier alpha value is -1.33. The topological polar surface area (TPSA) is 26.0 Å². The van der Waals surface area contributed by atoms with Gasteiger partial charge in [-0.05, 0) is 36.6 Å². The van der Waals surface area contributed by atoms with Crippen LogP contribution in [0.15, 0.2) is 28.7 Å². The second-order valence-corrected chi connectivity index (χ2v) is 5.57. The molecule has 0 spiro atoms. The highest BCUT2D eigenvalue weighted by Crippen LogP contribution is 2.30. The fraction of sp³-hybridized carbons (Fsp3) is 0.200. The van der Waals surface area contributed by atoms with Crippen molar-refractivity contribution in [1.29, 1.82) is 0 Å². The van der Waals surface area contributed by atoms with E-state index in [1.54, 1.807) is 13.0 Å². The Morgan fingerprint density at radius 2 is 1.50 bits per heavy atom. The number of hydrogen-bond donors (Lipinski definition) is 1. The molecule has 1 atom stereocenters. The van der Waals surface area contributed by atoms with E-state index in [9.17, 15) is 13.2 Å². The smallest absolute Gasteiger partial charge is 0.134 e. The van der Waals surface area contributed by atoms with Gasteiger partial charge in [0.05, 0.1) is 6.04 Å². The van der Waals surface area contributed by atoms with Crippen LogP contribution in [-0.2, 0) is 0 Å². The first-order chi connectivity index (χ1) is 9.31. The highest BCUT2D eigenvalue weighted by atomic mass is 79.9. The van der Waals surface area contributed by atoms with Gasteiger partial charge in [-0.3, -0.25) is 0 Å². The maximum Gasteiger partial charge on any atom is 0.134 e. The van der Waals surface area contributed by atoms with Crippen LogP contribution in [-0.4, -0.2) is 0 Å². The van der Waals surface area contributed by atoms with Crippen molar-refractivity contribution in [3.05, 3.63) is 68.4 Å². The standard InChI is InChI=1S/C15H13BrF3N/c1-7-4-11(16)8(2)3-10(7)15(20)14-12(18)5-9(17)6-13(14)19/h3-6,15H,20H2,1-2H3. The maximum atomic E-state index is 13.8. The van der Waals surface area contributed by atoms with Crippen molar-refractivity contribution < 1.29 is 13.2 Å². The van der Waals surface area contributed by atoms with Crippen molar-refractivity contribution >= 4 is 15.9 Å². The Labute approximate surface area is 123 Å². The van der Waals surface area contributed by atoms with Gasteiger partial charge in [0.1, 0.15) is 17.5 Å². The summed E-state index contributed by atoms with van der Waals surface area (Å²) < 4.78 is 41.4. The summed E-state index contributed by atoms with van der Waals surface area (Å²) >= 11 is 3.39. The van der Waals surface area contributed by atoms with Gasteiger partial charge < -0.3 is 5.73 Å². The minimum absolute atomic E-state index is 0.323. The molecule has 0 amide bonds. The van der Waals surface area contributed by atoms with Gasteiger partial charge in [0.15, 0.2) is 0 Å². The number of halogens is 4. The fourth-order valence-electron chi connectivity index (χ4n) is 2.14. The molecule has 2 aromatic carbocycles. The van der Waals surface area contributed by atoms with Crippen molar-refractivity contribution in [2.24, 2.45) is 5.73 Å². The SMILES string of the molecule is Cc1cc(C(N)c2c(F)cc(F)cc2F)c(C)cc1Br. The molecule has 106 valence electrons. The van der Waals surface area contributed by atoms with Gasteiger partial charge >= 0.3 is 0 Å². The summed E-state index contributed by atoms with van der Waals surface area (Å²) in [6, 6.07) is 3.90. The molecule has 0 bridgehead atoms. The highest BCUT2D eigenvalue weighted by molar-refractivity contribution is 9.10. The van der Waals surface area contributed by atoms with E-state index >= 15 is 0 Å². The van der Waals surface area contributed by atoms with Gasteiger partial charge in [-0.15, -0.1) is 0 Å². The third-order valence-corrected chi connectivity index (χ3v) is 4.09. The molecule has 0 aliphatic rings. The molecule has 20 heavy (non-hydrogen) atoms. The van der Waals surface area contributed by atoms with E-state index in [0.717, 1.165) is 15.6 Å². The summed E-state index contributed by atoms with van der Waals surface area (Å²) in [7, 11) is 0. The summed E-state index contributed by atoms with van der Waals surface area (Å²) in [6.07, 6.45) is 0. The van der Waals surface area contributed by atoms with Crippen LogP contribution >= 0.6 is 15.9 Å². The monoisotopic (exact) mass is 343 g/mol. The van der Waals surface area contributed by atoms with Crippen molar-refractivity contribution in [1.82, 2.24) is 0 Å². The van der Waals surface area contributed by atoms with Gasteiger partial charge in [0.2, 0.25) is 0 Å². The lowest BCUT2D eigenvalue weighted by Crippen LogP contribution is -2.17. The minimum Gasteiger partial charge on any atom is -0.320 e. The Kier molecular flexibility index (Phi) is 4.20. The average molecular weight is 344 g/mol. The molecule has 0 heterocycles. The summed E-state index contributed by atoms with van der Waals surface area (Å²) in [4.78, 5) is 0. The number of benzene rings is 2. The molecule has 2 N–H and O–H groups in total. The Morgan fingerprint density at radius 1 is 0.950 bits per heavy atom. The molecule has 2 rings (SSSR count). The van der Waals surface area contributed by atoms with E-state index < -0.39 is 23.5 Å². The Bertz CT molecular complexity index is 647. The quantitative estimate of drug-likeness (QED) is 0.851. The molecule has 0 aliphatic heterocycles. The molecular formula is C15H13BrF3N. The van der Waals surface area contributed by atoms with Crippen LogP contribution in [0.1, 0.15) is 28.3 Å². The first kappa shape index (κ1) is 15.1. The van der Waals surface area contributed by atoms with E-state index in [1.807, 2.05) is 13.0 Å². The highest BCUT2D eigenvalue weighted by Gasteiger charge is 2.21. The van der Waals surface area contributed by atoms with E-state index in [0.29, 0.717) is 17.7 Å². The van der Waals surface area contributed by atoms with E-state index in [-0.39, 0.29) is 5.56 Å². The summed E-state index contributed by atoms with van der Waals surface area (Å²) in [5.41, 5.74) is 7.96. The van der Waals surface area contributed by atoms with Crippen LogP contribution in [0.25, 0.3) is 0 Å². The van der Waals surface area contributed by atoms with E-state index in [1.165, 1.54) is 0 Å². The summed E-state index contributed by atoms with van der Waals surface area (Å²) in [5.74, 6) is -2.91. The third kappa shape index (κ3) is 2.74. The lowest BCUT2D eigenvalue weighted by molar-refractivity contribution is 0.514. The van der Waals surface area contributed by atoms with Crippen LogP contribution in [0, 0.1) is 31.3 Å². The number of rotatable bonds is 2. The second kappa shape index (κ2) is 5.58. The fourth-order valence-corrected chi connectivity index (χ4v) is 2.60. The van der Waals surface area contributed by atoms with Crippen LogP contribution in [0.3, 0.4) is 0 Å². The predicted octanol–water partition coefficient (Wildman–Crippen LogP) is 4.53. The van der Waals surface area contributed by atoms with Crippen LogP contribution in [0.2, 0.25) is 0 Å². The number of aryl methyl sites for hydroxylation is 2. The van der Waals surface area contributed by atoms with Gasteiger partial charge in [-0.1, -0.05) is 22.0 Å². The maximum absolute atomic E-state index is 13.8. The molecule has 1 unspecified atom stereocenters. The van der Waals surface area contributed by atoms with Crippen molar-refractivity contribution in [2.75, 3.05) is 0 Å². The van der Waals surface area contributed by atoms with E-state index in [2.05, 4.69) is 15.9 Å². The molecule has 0 saturated heterocycles. The van der Waals surface area contributed by atoms with Crippen molar-refractivity contribution in [3.63, 3.8) is 0 Å². The van der Waals surface area contributed by atoms with Gasteiger partial charge in [-0.25, -0.2) is 13.2 Å². The summed E-state index contributed by atoms with van der Waals surface area (Å²) in [5, 5.41) is 0. The lowest BCUT2D eigenvalue weighted by atomic mass is 9.93. The zero-order valence-electron chi connectivity index (χ0n) is 11.0. The van der Waals surface area contributed by atoms with Crippen LogP contribution in [0.5, 0.6) is 0 Å². The largest absolute Gasteiger partial charge is 0.320 e. The average Bonchev–Trinajstić information content (AvgIpc) is 2.32. The molecule has 5 heteroatoms. The molecule has 0 aliphatic carbocycles. The molecule has 0 fully saturated rings. The normalized spacial score (nSPS) is 12.6. The Balaban J connectivity index is 2.57. The summed E-state index contributed by atoms with van der Waals surface area (Å²) in [6.45, 7) is 3.66. The van der Waals surface area contributed by atoms with Gasteiger partial charge in [0, 0.05) is 22.2 Å². The lowest BCUT2D eigenvalue weighted by Gasteiger charge is -2.18. The number of nitrogens with two attached hydrogens (primary N) is 1. The number of hydrogen-bond acceptors (Lipinski definition) is 1. The molecule has 0 saturated carbocycles. The Morgan fingerprint density at radius 3 is 2.05 bits per heavy atom. The molecular weight excluding hydrogens is 331 g/mol. The van der Waals surface area contributed by atoms with Crippen molar-refractivity contribution in [2.45, 2.75) is 19.9 Å². The molecule has 0 radical (unpaired) electrons. The minimum atomic E-state index is -0.984. The first-order valence-corrected chi connectivity index (χ1v) is 6.77. The van der Waals surface area contributed by atoms with Crippen molar-refractivity contribution in [3.8, 4) is 0 Å². The molecule has 2 aromatic rings. The molecule has 1 nitrogen and oxygen atoms in total. The van der Waals surface area contributed by atoms with Crippen LogP contribution < -0.4 is 5.73 Å².